The summed E-state index contributed by atoms with van der Waals surface area (Å²) in [4.78, 5) is 30.2. The highest BCUT2D eigenvalue weighted by atomic mass is 16.3. The molecule has 2 aromatic carbocycles. The van der Waals surface area contributed by atoms with E-state index in [-0.39, 0.29) is 34.8 Å². The van der Waals surface area contributed by atoms with Crippen LogP contribution in [0.25, 0.3) is 0 Å². The number of azo groups is 1. The van der Waals surface area contributed by atoms with Crippen molar-refractivity contribution in [3.05, 3.63) is 117 Å². The summed E-state index contributed by atoms with van der Waals surface area (Å²) in [6, 6.07) is 20.8. The zero-order chi connectivity index (χ0) is 24.1. The van der Waals surface area contributed by atoms with E-state index in [2.05, 4.69) is 15.2 Å². The molecule has 4 rings (SSSR count). The predicted octanol–water partition coefficient (Wildman–Crippen LogP) is 4.82. The molecule has 0 bridgehead atoms. The van der Waals surface area contributed by atoms with Crippen LogP contribution in [0.1, 0.15) is 32.6 Å². The van der Waals surface area contributed by atoms with Crippen molar-refractivity contribution in [2.45, 2.75) is 13.5 Å². The minimum absolute atomic E-state index is 0.000926. The third-order valence-electron chi connectivity index (χ3n) is 5.27. The van der Waals surface area contributed by atoms with Crippen LogP contribution in [0.15, 0.2) is 94.1 Å². The molecule has 1 N–H and O–H groups in total. The Morgan fingerprint density at radius 2 is 1.79 bits per heavy atom. The minimum Gasteiger partial charge on any atom is -0.493 e. The van der Waals surface area contributed by atoms with E-state index >= 15 is 0 Å². The molecule has 34 heavy (non-hydrogen) atoms. The number of carbonyl (C=O) groups is 1. The molecular weight excluding hydrogens is 430 g/mol. The number of carbonyl (C=O) groups excluding carboxylic acids is 1. The molecule has 0 saturated heterocycles. The van der Waals surface area contributed by atoms with E-state index in [9.17, 15) is 20.0 Å². The molecule has 8 nitrogen and oxygen atoms in total. The molecule has 166 valence electrons. The van der Waals surface area contributed by atoms with Gasteiger partial charge in [-0.2, -0.15) is 5.26 Å². The monoisotopic (exact) mass is 449 g/mol. The summed E-state index contributed by atoms with van der Waals surface area (Å²) in [5.74, 6) is -0.684. The number of nitrogens with zero attached hydrogens (tertiary/aromatic N) is 5. The van der Waals surface area contributed by atoms with Crippen LogP contribution in [0.2, 0.25) is 0 Å². The van der Waals surface area contributed by atoms with Crippen LogP contribution >= 0.6 is 0 Å². The number of ketones is 1. The molecule has 0 saturated carbocycles. The van der Waals surface area contributed by atoms with Crippen LogP contribution in [0.4, 0.5) is 11.4 Å². The second kappa shape index (κ2) is 9.71. The maximum Gasteiger partial charge on any atom is 0.281 e. The summed E-state index contributed by atoms with van der Waals surface area (Å²) in [7, 11) is 0. The lowest BCUT2D eigenvalue weighted by molar-refractivity contribution is 0.103. The topological polar surface area (TPSA) is 121 Å². The molecule has 0 fully saturated rings. The highest BCUT2D eigenvalue weighted by Gasteiger charge is 2.20. The first-order valence-corrected chi connectivity index (χ1v) is 10.4. The molecule has 0 radical (unpaired) electrons. The van der Waals surface area contributed by atoms with Gasteiger partial charge in [-0.15, -0.1) is 10.2 Å². The van der Waals surface area contributed by atoms with Gasteiger partial charge in [0.25, 0.3) is 5.56 Å². The van der Waals surface area contributed by atoms with Crippen molar-refractivity contribution >= 4 is 17.2 Å². The number of hydrogen-bond donors (Lipinski definition) is 1. The standard InChI is InChI=1S/C26H19N5O3/c1-17-21(14-27)25(33)31(16-18-8-7-13-28-15-18)26(34)23(17)30-29-22-12-6-5-11-20(22)24(32)19-9-3-2-4-10-19/h2-13,15,33H,16H2,1H3. The molecule has 0 spiro atoms. The SMILES string of the molecule is Cc1c(C#N)c(O)n(Cc2cccnc2)c(=O)c1N=Nc1ccccc1C(=O)c1ccccc1. The first kappa shape index (κ1) is 22.3. The maximum absolute atomic E-state index is 13.2. The van der Waals surface area contributed by atoms with Gasteiger partial charge in [-0.25, -0.2) is 0 Å². The third kappa shape index (κ3) is 4.36. The number of benzene rings is 2. The van der Waals surface area contributed by atoms with Gasteiger partial charge < -0.3 is 5.11 Å². The van der Waals surface area contributed by atoms with Crippen LogP contribution in [0, 0.1) is 18.3 Å². The average molecular weight is 449 g/mol. The lowest BCUT2D eigenvalue weighted by Gasteiger charge is -2.13. The number of aromatic hydroxyl groups is 1. The number of aromatic nitrogens is 2. The fourth-order valence-electron chi connectivity index (χ4n) is 3.48. The normalized spacial score (nSPS) is 10.8. The zero-order valence-corrected chi connectivity index (χ0v) is 18.2. The van der Waals surface area contributed by atoms with Crippen LogP contribution in [0.3, 0.4) is 0 Å². The molecular formula is C26H19N5O3. The van der Waals surface area contributed by atoms with E-state index in [0.29, 0.717) is 16.7 Å². The van der Waals surface area contributed by atoms with Crippen molar-refractivity contribution in [1.82, 2.24) is 9.55 Å². The van der Waals surface area contributed by atoms with Crippen LogP contribution < -0.4 is 5.56 Å². The second-order valence-corrected chi connectivity index (χ2v) is 7.45. The van der Waals surface area contributed by atoms with Gasteiger partial charge in [0.1, 0.15) is 11.6 Å². The van der Waals surface area contributed by atoms with Gasteiger partial charge in [0.2, 0.25) is 5.88 Å². The lowest BCUT2D eigenvalue weighted by atomic mass is 10.0. The van der Waals surface area contributed by atoms with E-state index in [1.807, 2.05) is 12.1 Å². The molecule has 2 heterocycles. The van der Waals surface area contributed by atoms with Gasteiger partial charge >= 0.3 is 0 Å². The van der Waals surface area contributed by atoms with Crippen LogP contribution in [-0.2, 0) is 6.54 Å². The van der Waals surface area contributed by atoms with E-state index in [4.69, 9.17) is 0 Å². The van der Waals surface area contributed by atoms with Crippen molar-refractivity contribution in [3.8, 4) is 11.9 Å². The van der Waals surface area contributed by atoms with E-state index in [0.717, 1.165) is 4.57 Å². The number of hydrogen-bond acceptors (Lipinski definition) is 7. The van der Waals surface area contributed by atoms with Crippen LogP contribution in [-0.4, -0.2) is 20.4 Å². The summed E-state index contributed by atoms with van der Waals surface area (Å²) in [6.07, 6.45) is 3.15. The smallest absolute Gasteiger partial charge is 0.281 e. The van der Waals surface area contributed by atoms with Crippen molar-refractivity contribution in [2.75, 3.05) is 0 Å². The molecule has 4 aromatic rings. The fourth-order valence-corrected chi connectivity index (χ4v) is 3.48. The molecule has 8 heteroatoms. The quantitative estimate of drug-likeness (QED) is 0.334. The summed E-state index contributed by atoms with van der Waals surface area (Å²) >= 11 is 0. The number of pyridine rings is 2. The second-order valence-electron chi connectivity index (χ2n) is 7.45. The van der Waals surface area contributed by atoms with Crippen molar-refractivity contribution in [2.24, 2.45) is 10.2 Å². The summed E-state index contributed by atoms with van der Waals surface area (Å²) in [6.45, 7) is 1.52. The number of rotatable bonds is 6. The molecule has 0 aliphatic carbocycles. The predicted molar refractivity (Wildman–Crippen MR) is 126 cm³/mol. The van der Waals surface area contributed by atoms with Crippen molar-refractivity contribution < 1.29 is 9.90 Å². The largest absolute Gasteiger partial charge is 0.493 e. The number of nitriles is 1. The van der Waals surface area contributed by atoms with E-state index < -0.39 is 11.4 Å². The van der Waals surface area contributed by atoms with E-state index in [1.54, 1.807) is 73.1 Å². The van der Waals surface area contributed by atoms with Crippen molar-refractivity contribution in [1.29, 1.82) is 5.26 Å². The lowest BCUT2D eigenvalue weighted by Crippen LogP contribution is -2.22. The fraction of sp³-hybridized carbons (Fsp3) is 0.0769. The molecule has 0 unspecified atom stereocenters. The Morgan fingerprint density at radius 1 is 1.06 bits per heavy atom. The first-order valence-electron chi connectivity index (χ1n) is 10.4. The summed E-state index contributed by atoms with van der Waals surface area (Å²) in [5.41, 5.74) is 1.17. The van der Waals surface area contributed by atoms with Gasteiger partial charge in [0.05, 0.1) is 17.8 Å². The highest BCUT2D eigenvalue weighted by Crippen LogP contribution is 2.29. The first-order chi connectivity index (χ1) is 16.5. The highest BCUT2D eigenvalue weighted by molar-refractivity contribution is 6.11. The Hall–Kier alpha value is -4.90. The summed E-state index contributed by atoms with van der Waals surface area (Å²) < 4.78 is 1.05. The molecule has 0 aliphatic rings. The van der Waals surface area contributed by atoms with Gasteiger partial charge in [-0.05, 0) is 30.7 Å². The third-order valence-corrected chi connectivity index (χ3v) is 5.27. The Kier molecular flexibility index (Phi) is 6.37. The molecule has 0 amide bonds. The van der Waals surface area contributed by atoms with Gasteiger partial charge in [0, 0.05) is 23.5 Å². The molecule has 0 aliphatic heterocycles. The summed E-state index contributed by atoms with van der Waals surface area (Å²) in [5, 5.41) is 28.5. The Balaban J connectivity index is 1.79. The van der Waals surface area contributed by atoms with Gasteiger partial charge in [-0.1, -0.05) is 48.5 Å². The van der Waals surface area contributed by atoms with Gasteiger partial charge in [0.15, 0.2) is 11.5 Å². The van der Waals surface area contributed by atoms with Crippen LogP contribution in [0.5, 0.6) is 5.88 Å². The minimum atomic E-state index is -0.617. The zero-order valence-electron chi connectivity index (χ0n) is 18.2. The van der Waals surface area contributed by atoms with E-state index in [1.165, 1.54) is 6.92 Å². The Labute approximate surface area is 195 Å². The molecule has 0 atom stereocenters. The Bertz CT molecular complexity index is 1490. The van der Waals surface area contributed by atoms with Crippen molar-refractivity contribution in [3.63, 3.8) is 0 Å². The maximum atomic E-state index is 13.2. The van der Waals surface area contributed by atoms with Gasteiger partial charge in [-0.3, -0.25) is 19.1 Å². The Morgan fingerprint density at radius 3 is 2.50 bits per heavy atom. The molecule has 2 aromatic heterocycles. The average Bonchev–Trinajstić information content (AvgIpc) is 2.88.